The van der Waals surface area contributed by atoms with E-state index in [0.29, 0.717) is 55.9 Å². The van der Waals surface area contributed by atoms with Crippen molar-refractivity contribution >= 4 is 37.2 Å². The lowest BCUT2D eigenvalue weighted by molar-refractivity contribution is -0.177. The number of carbonyl (C=O) groups is 3. The number of aromatic nitrogens is 1. The number of aliphatic hydroxyl groups is 1. The predicted molar refractivity (Wildman–Crippen MR) is 271 cm³/mol. The topological polar surface area (TPSA) is 160 Å². The number of ether oxygens (including phenoxy) is 3. The number of pyridine rings is 1. The molecule has 69 heavy (non-hydrogen) atoms. The van der Waals surface area contributed by atoms with Crippen LogP contribution < -0.4 is 15.6 Å². The summed E-state index contributed by atoms with van der Waals surface area (Å²) in [5.41, 5.74) is 0.0255. The highest BCUT2D eigenvalue weighted by Gasteiger charge is 2.46. The molecule has 2 bridgehead atoms. The van der Waals surface area contributed by atoms with Gasteiger partial charge in [0.2, 0.25) is 11.2 Å². The van der Waals surface area contributed by atoms with Gasteiger partial charge in [-0.1, -0.05) is 99.6 Å². The maximum absolute atomic E-state index is 14.1. The van der Waals surface area contributed by atoms with Crippen LogP contribution >= 0.6 is 0 Å². The first-order valence-electron chi connectivity index (χ1n) is 24.3. The molecule has 3 fully saturated rings. The standard InChI is InChI=1S/C55H70N4O9Si/c1-53(2,3)67-52(63)59(36-47(68-69(7,8)54(4,5)6)43-24-26-45(49-44(43)25-27-48(60)57-49)65-37-38-18-11-9-12-19-38)31-16-15-30-56-50(61)40-20-17-23-42(34-40)55(64,41-21-13-10-14-22-41)51(62)66-46-35-58-32-28-39(46)29-33-58/h9-14,17-27,34,39,46-47,64H,15-16,28-33,35-37H2,1-8H3,(H,56,61)(H,57,60). The number of carbonyl (C=O) groups excluding carboxylic acids is 3. The van der Waals surface area contributed by atoms with Crippen LogP contribution in [0.3, 0.4) is 0 Å². The zero-order chi connectivity index (χ0) is 49.6. The van der Waals surface area contributed by atoms with Gasteiger partial charge in [0.15, 0.2) is 8.32 Å². The summed E-state index contributed by atoms with van der Waals surface area (Å²) in [7, 11) is -2.49. The number of esters is 1. The number of amides is 2. The van der Waals surface area contributed by atoms with E-state index >= 15 is 0 Å². The summed E-state index contributed by atoms with van der Waals surface area (Å²) in [5, 5.41) is 15.9. The molecule has 3 N–H and O–H groups in total. The van der Waals surface area contributed by atoms with Gasteiger partial charge in [0, 0.05) is 42.2 Å². The number of hydrogen-bond donors (Lipinski definition) is 3. The quantitative estimate of drug-likeness (QED) is 0.0439. The minimum Gasteiger partial charge on any atom is -0.487 e. The van der Waals surface area contributed by atoms with E-state index in [0.717, 1.165) is 42.4 Å². The summed E-state index contributed by atoms with van der Waals surface area (Å²) in [6.07, 6.45) is 1.53. The van der Waals surface area contributed by atoms with Crippen molar-refractivity contribution in [2.24, 2.45) is 5.92 Å². The van der Waals surface area contributed by atoms with E-state index in [2.05, 4.69) is 49.1 Å². The average molecular weight is 959 g/mol. The minimum atomic E-state index is -2.49. The molecule has 3 aliphatic rings. The van der Waals surface area contributed by atoms with E-state index in [1.807, 2.05) is 69.3 Å². The number of fused-ring (bicyclic) bond motifs is 4. The first-order chi connectivity index (χ1) is 32.7. The van der Waals surface area contributed by atoms with Gasteiger partial charge in [-0.25, -0.2) is 9.59 Å². The second kappa shape index (κ2) is 21.5. The smallest absolute Gasteiger partial charge is 0.410 e. The SMILES string of the molecule is CC(C)(C)OC(=O)N(CCCCNC(=O)c1cccc(C(O)(C(=O)OC2CN3CCC2CC3)c2ccccc2)c1)CC(O[Si](C)(C)C(C)(C)C)c1ccc(OCc2ccccc2)c2[nH]c(=O)ccc12. The molecule has 3 unspecified atom stereocenters. The van der Waals surface area contributed by atoms with Crippen molar-refractivity contribution in [2.45, 2.75) is 115 Å². The van der Waals surface area contributed by atoms with Gasteiger partial charge in [-0.05, 0) is 125 Å². The Bertz CT molecular complexity index is 2620. The molecule has 3 atom stereocenters. The third kappa shape index (κ3) is 12.5. The van der Waals surface area contributed by atoms with Gasteiger partial charge in [-0.3, -0.25) is 14.5 Å². The van der Waals surface area contributed by atoms with Crippen molar-refractivity contribution in [3.05, 3.63) is 147 Å². The Labute approximate surface area is 407 Å². The third-order valence-electron chi connectivity index (χ3n) is 13.8. The predicted octanol–water partition coefficient (Wildman–Crippen LogP) is 9.49. The molecule has 0 radical (unpaired) electrons. The second-order valence-corrected chi connectivity index (χ2v) is 25.8. The van der Waals surface area contributed by atoms with Gasteiger partial charge in [-0.15, -0.1) is 0 Å². The molecule has 3 saturated heterocycles. The van der Waals surface area contributed by atoms with E-state index in [4.69, 9.17) is 18.6 Å². The van der Waals surface area contributed by atoms with Crippen LogP contribution in [0.4, 0.5) is 4.79 Å². The Kier molecular flexibility index (Phi) is 15.9. The number of piperidine rings is 3. The Morgan fingerprint density at radius 2 is 1.54 bits per heavy atom. The first kappa shape index (κ1) is 51.1. The summed E-state index contributed by atoms with van der Waals surface area (Å²) < 4.78 is 25.5. The van der Waals surface area contributed by atoms with Gasteiger partial charge in [0.25, 0.3) is 5.91 Å². The molecule has 14 heteroatoms. The highest BCUT2D eigenvalue weighted by Crippen LogP contribution is 2.42. The fourth-order valence-corrected chi connectivity index (χ4v) is 10.1. The average Bonchev–Trinajstić information content (AvgIpc) is 3.32. The lowest BCUT2D eigenvalue weighted by Crippen LogP contribution is -2.53. The number of nitrogens with one attached hydrogen (secondary N) is 2. The molecular weight excluding hydrogens is 889 g/mol. The van der Waals surface area contributed by atoms with E-state index in [1.165, 1.54) is 6.07 Å². The molecule has 368 valence electrons. The zero-order valence-corrected chi connectivity index (χ0v) is 42.5. The molecule has 8 rings (SSSR count). The van der Waals surface area contributed by atoms with Crippen molar-refractivity contribution in [1.29, 1.82) is 0 Å². The number of nitrogens with zero attached hydrogens (tertiary/aromatic N) is 2. The van der Waals surface area contributed by atoms with Crippen LogP contribution in [0.25, 0.3) is 10.9 Å². The fraction of sp³-hybridized carbons (Fsp3) is 0.455. The summed E-state index contributed by atoms with van der Waals surface area (Å²) in [5.74, 6) is -0.357. The summed E-state index contributed by atoms with van der Waals surface area (Å²) in [6.45, 7) is 20.0. The highest BCUT2D eigenvalue weighted by atomic mass is 28.4. The van der Waals surface area contributed by atoms with Crippen LogP contribution in [-0.2, 0) is 30.9 Å². The van der Waals surface area contributed by atoms with Crippen molar-refractivity contribution in [2.75, 3.05) is 39.3 Å². The summed E-state index contributed by atoms with van der Waals surface area (Å²) in [4.78, 5) is 61.7. The van der Waals surface area contributed by atoms with Crippen LogP contribution in [0.2, 0.25) is 18.1 Å². The van der Waals surface area contributed by atoms with E-state index in [9.17, 15) is 24.3 Å². The monoisotopic (exact) mass is 958 g/mol. The van der Waals surface area contributed by atoms with Crippen LogP contribution in [0.1, 0.15) is 106 Å². The number of rotatable bonds is 18. The van der Waals surface area contributed by atoms with E-state index in [-0.39, 0.29) is 46.2 Å². The fourth-order valence-electron chi connectivity index (χ4n) is 8.87. The molecule has 3 aliphatic heterocycles. The third-order valence-corrected chi connectivity index (χ3v) is 18.3. The van der Waals surface area contributed by atoms with Gasteiger partial charge in [0.1, 0.15) is 24.1 Å². The maximum Gasteiger partial charge on any atom is 0.410 e. The molecule has 4 aromatic carbocycles. The molecule has 0 spiro atoms. The van der Waals surface area contributed by atoms with Gasteiger partial charge < -0.3 is 38.9 Å². The van der Waals surface area contributed by atoms with Gasteiger partial charge in [-0.2, -0.15) is 0 Å². The van der Waals surface area contributed by atoms with Gasteiger partial charge in [0.05, 0.1) is 18.2 Å². The second-order valence-electron chi connectivity index (χ2n) is 21.0. The summed E-state index contributed by atoms with van der Waals surface area (Å²) >= 11 is 0. The van der Waals surface area contributed by atoms with Crippen LogP contribution in [0.15, 0.2) is 114 Å². The number of unbranched alkanes of at least 4 members (excludes halogenated alkanes) is 1. The van der Waals surface area contributed by atoms with Crippen molar-refractivity contribution < 1.29 is 38.1 Å². The van der Waals surface area contributed by atoms with E-state index < -0.39 is 37.7 Å². The number of benzene rings is 4. The number of aromatic amines is 1. The van der Waals surface area contributed by atoms with Crippen LogP contribution in [-0.4, -0.2) is 97.2 Å². The van der Waals surface area contributed by atoms with Crippen LogP contribution in [0, 0.1) is 5.92 Å². The Balaban J connectivity index is 1.07. The van der Waals surface area contributed by atoms with E-state index in [1.54, 1.807) is 59.5 Å². The summed E-state index contributed by atoms with van der Waals surface area (Å²) in [6, 6.07) is 32.1. The first-order valence-corrected chi connectivity index (χ1v) is 27.2. The largest absolute Gasteiger partial charge is 0.487 e. The molecule has 13 nitrogen and oxygen atoms in total. The zero-order valence-electron chi connectivity index (χ0n) is 41.5. The molecule has 1 aromatic heterocycles. The molecular formula is C55H70N4O9Si. The van der Waals surface area contributed by atoms with Crippen molar-refractivity contribution in [3.63, 3.8) is 0 Å². The Morgan fingerprint density at radius 3 is 2.19 bits per heavy atom. The van der Waals surface area contributed by atoms with Crippen LogP contribution in [0.5, 0.6) is 5.75 Å². The number of H-pyrrole nitrogens is 1. The normalized spacial score (nSPS) is 18.5. The van der Waals surface area contributed by atoms with Gasteiger partial charge >= 0.3 is 12.1 Å². The highest BCUT2D eigenvalue weighted by molar-refractivity contribution is 6.74. The number of hydrogen-bond acceptors (Lipinski definition) is 10. The Hall–Kier alpha value is -5.80. The minimum absolute atomic E-state index is 0.158. The molecule has 5 aromatic rings. The lowest BCUT2D eigenvalue weighted by Gasteiger charge is -2.44. The maximum atomic E-state index is 14.1. The Morgan fingerprint density at radius 1 is 0.855 bits per heavy atom. The molecule has 2 amide bonds. The molecule has 0 saturated carbocycles. The molecule has 4 heterocycles. The molecule has 0 aliphatic carbocycles. The van der Waals surface area contributed by atoms with Crippen molar-refractivity contribution in [3.8, 4) is 5.75 Å². The lowest BCUT2D eigenvalue weighted by atomic mass is 9.84. The van der Waals surface area contributed by atoms with Crippen molar-refractivity contribution in [1.82, 2.24) is 20.1 Å².